The molecule has 1 unspecified atom stereocenters. The van der Waals surface area contributed by atoms with Gasteiger partial charge in [-0.15, -0.1) is 0 Å². The molecule has 0 saturated heterocycles. The van der Waals surface area contributed by atoms with Crippen LogP contribution in [-0.4, -0.2) is 24.6 Å². The number of benzene rings is 3. The number of ether oxygens (including phenoxy) is 1. The van der Waals surface area contributed by atoms with Gasteiger partial charge in [0.15, 0.2) is 0 Å². The number of fused-ring (bicyclic) bond motifs is 1. The topological polar surface area (TPSA) is 67.4 Å². The lowest BCUT2D eigenvalue weighted by molar-refractivity contribution is -0.137. The first-order chi connectivity index (χ1) is 17.7. The minimum absolute atomic E-state index is 0.0167. The maximum Gasteiger partial charge on any atom is 0.416 e. The fourth-order valence-electron chi connectivity index (χ4n) is 4.73. The molecule has 5 nitrogen and oxygen atoms in total. The number of alkyl halides is 3. The van der Waals surface area contributed by atoms with Gasteiger partial charge in [0.1, 0.15) is 0 Å². The molecule has 0 radical (unpaired) electrons. The molecular formula is C29H29F3N2O3. The summed E-state index contributed by atoms with van der Waals surface area (Å²) < 4.78 is 44.0. The van der Waals surface area contributed by atoms with E-state index in [9.17, 15) is 22.8 Å². The summed E-state index contributed by atoms with van der Waals surface area (Å²) in [7, 11) is 0. The Labute approximate surface area is 214 Å². The van der Waals surface area contributed by atoms with Crippen molar-refractivity contribution in [3.63, 3.8) is 0 Å². The van der Waals surface area contributed by atoms with E-state index in [0.717, 1.165) is 48.9 Å². The monoisotopic (exact) mass is 510 g/mol. The van der Waals surface area contributed by atoms with Crippen molar-refractivity contribution in [2.24, 2.45) is 0 Å². The van der Waals surface area contributed by atoms with Crippen LogP contribution in [0.5, 0.6) is 0 Å². The molecule has 0 bridgehead atoms. The van der Waals surface area contributed by atoms with Crippen LogP contribution in [0.2, 0.25) is 0 Å². The van der Waals surface area contributed by atoms with Gasteiger partial charge < -0.3 is 15.4 Å². The van der Waals surface area contributed by atoms with Crippen LogP contribution in [0.4, 0.5) is 23.7 Å². The lowest BCUT2D eigenvalue weighted by Gasteiger charge is -2.15. The third-order valence-electron chi connectivity index (χ3n) is 6.60. The molecule has 0 saturated carbocycles. The van der Waals surface area contributed by atoms with E-state index in [1.54, 1.807) is 19.1 Å². The van der Waals surface area contributed by atoms with Crippen molar-refractivity contribution >= 4 is 17.7 Å². The number of anilines is 1. The summed E-state index contributed by atoms with van der Waals surface area (Å²) in [6.45, 7) is 3.91. The standard InChI is InChI=1S/C29H29F3N2O3/c1-3-37-28(36)34-23-14-9-19-10-16-24(17-21(19)11-15-23)33-27(35)25-6-4-5-18(2)26(25)20-7-12-22(13-8-20)29(30,31)32/h4-8,10,12-13,16-17,23H,3,9,11,14-15H2,1-2H3,(H,33,35)(H,34,36). The van der Waals surface area contributed by atoms with E-state index in [4.69, 9.17) is 4.74 Å². The number of halogens is 3. The summed E-state index contributed by atoms with van der Waals surface area (Å²) in [4.78, 5) is 25.1. The fraction of sp³-hybridized carbons (Fsp3) is 0.310. The highest BCUT2D eigenvalue weighted by molar-refractivity contribution is 6.09. The normalized spacial score (nSPS) is 15.3. The number of hydrogen-bond acceptors (Lipinski definition) is 3. The van der Waals surface area contributed by atoms with Crippen LogP contribution < -0.4 is 10.6 Å². The van der Waals surface area contributed by atoms with Gasteiger partial charge in [-0.2, -0.15) is 13.2 Å². The highest BCUT2D eigenvalue weighted by atomic mass is 19.4. The second-order valence-electron chi connectivity index (χ2n) is 9.15. The first-order valence-electron chi connectivity index (χ1n) is 12.3. The maximum absolute atomic E-state index is 13.3. The number of hydrogen-bond donors (Lipinski definition) is 2. The zero-order valence-corrected chi connectivity index (χ0v) is 20.7. The third-order valence-corrected chi connectivity index (χ3v) is 6.60. The van der Waals surface area contributed by atoms with Gasteiger partial charge in [0.25, 0.3) is 5.91 Å². The van der Waals surface area contributed by atoms with Gasteiger partial charge in [-0.25, -0.2) is 4.79 Å². The van der Waals surface area contributed by atoms with E-state index in [0.29, 0.717) is 29.0 Å². The molecule has 3 aromatic rings. The molecule has 4 rings (SSSR count). The SMILES string of the molecule is CCOC(=O)NC1CCc2ccc(NC(=O)c3cccc(C)c3-c3ccc(C(F)(F)F)cc3)cc2CC1. The van der Waals surface area contributed by atoms with E-state index in [1.807, 2.05) is 31.2 Å². The minimum atomic E-state index is -4.43. The Hall–Kier alpha value is -3.81. The summed E-state index contributed by atoms with van der Waals surface area (Å²) in [5.74, 6) is -0.339. The molecule has 0 heterocycles. The van der Waals surface area contributed by atoms with Crippen molar-refractivity contribution in [2.75, 3.05) is 11.9 Å². The lowest BCUT2D eigenvalue weighted by Crippen LogP contribution is -2.35. The van der Waals surface area contributed by atoms with E-state index >= 15 is 0 Å². The highest BCUT2D eigenvalue weighted by Crippen LogP contribution is 2.33. The van der Waals surface area contributed by atoms with Crippen molar-refractivity contribution < 1.29 is 27.5 Å². The van der Waals surface area contributed by atoms with Crippen molar-refractivity contribution in [1.82, 2.24) is 5.32 Å². The van der Waals surface area contributed by atoms with E-state index < -0.39 is 17.8 Å². The maximum atomic E-state index is 13.3. The van der Waals surface area contributed by atoms with Gasteiger partial charge in [-0.05, 0) is 97.7 Å². The Morgan fingerprint density at radius 1 is 0.973 bits per heavy atom. The van der Waals surface area contributed by atoms with Crippen LogP contribution in [0.1, 0.15) is 52.4 Å². The van der Waals surface area contributed by atoms with Gasteiger partial charge in [0.2, 0.25) is 0 Å². The zero-order chi connectivity index (χ0) is 26.6. The summed E-state index contributed by atoms with van der Waals surface area (Å²) in [5, 5.41) is 5.86. The Kier molecular flexibility index (Phi) is 7.86. The third kappa shape index (κ3) is 6.31. The van der Waals surface area contributed by atoms with Crippen molar-refractivity contribution in [1.29, 1.82) is 0 Å². The molecule has 3 aromatic carbocycles. The predicted octanol–water partition coefficient (Wildman–Crippen LogP) is 6.93. The number of rotatable bonds is 5. The number of nitrogens with one attached hydrogen (secondary N) is 2. The van der Waals surface area contributed by atoms with Gasteiger partial charge in [0, 0.05) is 17.3 Å². The average molecular weight is 511 g/mol. The van der Waals surface area contributed by atoms with Crippen LogP contribution >= 0.6 is 0 Å². The zero-order valence-electron chi connectivity index (χ0n) is 20.7. The minimum Gasteiger partial charge on any atom is -0.450 e. The van der Waals surface area contributed by atoms with Crippen LogP contribution in [0, 0.1) is 6.92 Å². The molecule has 1 aliphatic rings. The van der Waals surface area contributed by atoms with Crippen LogP contribution in [0.25, 0.3) is 11.1 Å². The Bertz CT molecular complexity index is 1290. The molecule has 8 heteroatoms. The Balaban J connectivity index is 1.52. The summed E-state index contributed by atoms with van der Waals surface area (Å²) in [6.07, 6.45) is -1.72. The first-order valence-corrected chi connectivity index (χ1v) is 12.3. The lowest BCUT2D eigenvalue weighted by atomic mass is 9.93. The van der Waals surface area contributed by atoms with Crippen molar-refractivity contribution in [3.8, 4) is 11.1 Å². The molecule has 1 atom stereocenters. The van der Waals surface area contributed by atoms with Gasteiger partial charge in [-0.3, -0.25) is 4.79 Å². The molecule has 0 fully saturated rings. The summed E-state index contributed by atoms with van der Waals surface area (Å²) in [6, 6.07) is 15.9. The van der Waals surface area contributed by atoms with Crippen LogP contribution in [0.3, 0.4) is 0 Å². The number of carbonyl (C=O) groups excluding carboxylic acids is 2. The average Bonchev–Trinajstić information content (AvgIpc) is 3.05. The molecule has 194 valence electrons. The number of alkyl carbamates (subject to hydrolysis) is 1. The molecule has 0 spiro atoms. The van der Waals surface area contributed by atoms with Crippen LogP contribution in [-0.2, 0) is 23.8 Å². The Morgan fingerprint density at radius 2 is 1.68 bits per heavy atom. The van der Waals surface area contributed by atoms with Gasteiger partial charge in [-0.1, -0.05) is 30.3 Å². The summed E-state index contributed by atoms with van der Waals surface area (Å²) >= 11 is 0. The molecule has 37 heavy (non-hydrogen) atoms. The highest BCUT2D eigenvalue weighted by Gasteiger charge is 2.30. The first kappa shape index (κ1) is 26.3. The molecule has 1 aliphatic carbocycles. The molecule has 2 N–H and O–H groups in total. The second-order valence-corrected chi connectivity index (χ2v) is 9.15. The van der Waals surface area contributed by atoms with Crippen LogP contribution in [0.15, 0.2) is 60.7 Å². The van der Waals surface area contributed by atoms with E-state index in [-0.39, 0.29) is 11.9 Å². The van der Waals surface area contributed by atoms with E-state index in [2.05, 4.69) is 10.6 Å². The van der Waals surface area contributed by atoms with Crippen molar-refractivity contribution in [3.05, 3.63) is 88.5 Å². The number of carbonyl (C=O) groups is 2. The van der Waals surface area contributed by atoms with E-state index in [1.165, 1.54) is 17.7 Å². The van der Waals surface area contributed by atoms with Gasteiger partial charge >= 0.3 is 12.3 Å². The second kappa shape index (κ2) is 11.1. The van der Waals surface area contributed by atoms with Crippen molar-refractivity contribution in [2.45, 2.75) is 51.7 Å². The Morgan fingerprint density at radius 3 is 2.35 bits per heavy atom. The number of aryl methyl sites for hydroxylation is 3. The summed E-state index contributed by atoms with van der Waals surface area (Å²) in [5.41, 5.74) is 4.49. The molecule has 0 aromatic heterocycles. The molecular weight excluding hydrogens is 481 g/mol. The predicted molar refractivity (Wildman–Crippen MR) is 137 cm³/mol. The smallest absolute Gasteiger partial charge is 0.416 e. The number of amides is 2. The largest absolute Gasteiger partial charge is 0.450 e. The fourth-order valence-corrected chi connectivity index (χ4v) is 4.73. The molecule has 0 aliphatic heterocycles. The van der Waals surface area contributed by atoms with Gasteiger partial charge in [0.05, 0.1) is 12.2 Å². The quantitative estimate of drug-likeness (QED) is 0.366. The molecule has 2 amide bonds.